The number of aryl methyl sites for hydroxylation is 1. The van der Waals surface area contributed by atoms with Crippen LogP contribution < -0.4 is 5.32 Å². The minimum Gasteiger partial charge on any atom is -0.339 e. The van der Waals surface area contributed by atoms with Gasteiger partial charge in [-0.3, -0.25) is 4.79 Å². The summed E-state index contributed by atoms with van der Waals surface area (Å²) in [7, 11) is 1.91. The number of para-hydroxylation sites is 1. The van der Waals surface area contributed by atoms with Gasteiger partial charge in [0.15, 0.2) is 0 Å². The molecule has 1 unspecified atom stereocenters. The predicted molar refractivity (Wildman–Crippen MR) is 112 cm³/mol. The fraction of sp³-hybridized carbons (Fsp3) is 0.0870. The van der Waals surface area contributed by atoms with E-state index in [0.717, 1.165) is 22.6 Å². The van der Waals surface area contributed by atoms with Gasteiger partial charge in [-0.25, -0.2) is 9.67 Å². The SMILES string of the molecule is Cn1ccnc1C(NC(=O)/C=C/c1cnn(-c2ccccc2)c1)c1ccccc1. The zero-order valence-corrected chi connectivity index (χ0v) is 16.0. The Labute approximate surface area is 169 Å². The Bertz CT molecular complexity index is 1110. The normalized spacial score (nSPS) is 12.2. The fourth-order valence-electron chi connectivity index (χ4n) is 3.10. The van der Waals surface area contributed by atoms with Crippen molar-refractivity contribution in [1.82, 2.24) is 24.6 Å². The van der Waals surface area contributed by atoms with E-state index in [0.29, 0.717) is 0 Å². The summed E-state index contributed by atoms with van der Waals surface area (Å²) in [5.41, 5.74) is 2.79. The van der Waals surface area contributed by atoms with Gasteiger partial charge in [-0.15, -0.1) is 0 Å². The summed E-state index contributed by atoms with van der Waals surface area (Å²) >= 11 is 0. The van der Waals surface area contributed by atoms with Crippen molar-refractivity contribution in [2.75, 3.05) is 0 Å². The molecule has 1 amide bonds. The van der Waals surface area contributed by atoms with Gasteiger partial charge in [0.2, 0.25) is 5.91 Å². The van der Waals surface area contributed by atoms with Gasteiger partial charge in [0.25, 0.3) is 0 Å². The van der Waals surface area contributed by atoms with Gasteiger partial charge in [-0.05, 0) is 23.8 Å². The van der Waals surface area contributed by atoms with E-state index in [-0.39, 0.29) is 11.9 Å². The molecule has 144 valence electrons. The van der Waals surface area contributed by atoms with Crippen molar-refractivity contribution in [3.05, 3.63) is 108 Å². The number of imidazole rings is 1. The highest BCUT2D eigenvalue weighted by Crippen LogP contribution is 2.20. The highest BCUT2D eigenvalue weighted by atomic mass is 16.1. The molecule has 0 spiro atoms. The van der Waals surface area contributed by atoms with Gasteiger partial charge in [-0.1, -0.05) is 48.5 Å². The Hall–Kier alpha value is -3.93. The molecule has 29 heavy (non-hydrogen) atoms. The van der Waals surface area contributed by atoms with Crippen LogP contribution in [0.1, 0.15) is 23.0 Å². The number of nitrogens with one attached hydrogen (secondary N) is 1. The van der Waals surface area contributed by atoms with Crippen LogP contribution in [-0.2, 0) is 11.8 Å². The van der Waals surface area contributed by atoms with Crippen molar-refractivity contribution < 1.29 is 4.79 Å². The molecule has 0 saturated carbocycles. The van der Waals surface area contributed by atoms with E-state index in [1.54, 1.807) is 23.2 Å². The Kier molecular flexibility index (Phi) is 5.33. The average molecular weight is 383 g/mol. The zero-order valence-electron chi connectivity index (χ0n) is 16.0. The number of aromatic nitrogens is 4. The lowest BCUT2D eigenvalue weighted by Crippen LogP contribution is -2.29. The smallest absolute Gasteiger partial charge is 0.244 e. The molecule has 4 aromatic rings. The van der Waals surface area contributed by atoms with Crippen molar-refractivity contribution in [2.45, 2.75) is 6.04 Å². The molecule has 4 rings (SSSR count). The molecule has 0 bridgehead atoms. The van der Waals surface area contributed by atoms with E-state index in [1.807, 2.05) is 84.7 Å². The topological polar surface area (TPSA) is 64.7 Å². The number of carbonyl (C=O) groups excluding carboxylic acids is 1. The molecule has 0 saturated heterocycles. The maximum absolute atomic E-state index is 12.6. The first-order chi connectivity index (χ1) is 14.2. The first kappa shape index (κ1) is 18.4. The second kappa shape index (κ2) is 8.39. The number of hydrogen-bond acceptors (Lipinski definition) is 3. The van der Waals surface area contributed by atoms with Crippen molar-refractivity contribution in [1.29, 1.82) is 0 Å². The number of benzene rings is 2. The van der Waals surface area contributed by atoms with Gasteiger partial charge in [0, 0.05) is 37.3 Å². The molecular weight excluding hydrogens is 362 g/mol. The van der Waals surface area contributed by atoms with Crippen LogP contribution in [0.15, 0.2) is 91.5 Å². The Balaban J connectivity index is 1.50. The molecule has 0 fully saturated rings. The monoisotopic (exact) mass is 383 g/mol. The maximum Gasteiger partial charge on any atom is 0.244 e. The minimum absolute atomic E-state index is 0.200. The quantitative estimate of drug-likeness (QED) is 0.518. The second-order valence-corrected chi connectivity index (χ2v) is 6.64. The lowest BCUT2D eigenvalue weighted by molar-refractivity contribution is -0.117. The molecule has 2 aromatic carbocycles. The second-order valence-electron chi connectivity index (χ2n) is 6.64. The lowest BCUT2D eigenvalue weighted by atomic mass is 10.1. The van der Waals surface area contributed by atoms with Crippen molar-refractivity contribution in [3.63, 3.8) is 0 Å². The van der Waals surface area contributed by atoms with Crippen LogP contribution in [0.2, 0.25) is 0 Å². The summed E-state index contributed by atoms with van der Waals surface area (Å²) in [5, 5.41) is 7.39. The maximum atomic E-state index is 12.6. The molecule has 0 aliphatic heterocycles. The molecule has 0 aliphatic carbocycles. The Morgan fingerprint density at radius 1 is 1.07 bits per heavy atom. The third-order valence-corrected chi connectivity index (χ3v) is 4.59. The predicted octanol–water partition coefficient (Wildman–Crippen LogP) is 3.52. The summed E-state index contributed by atoms with van der Waals surface area (Å²) in [6, 6.07) is 19.3. The van der Waals surface area contributed by atoms with Crippen LogP contribution in [0.25, 0.3) is 11.8 Å². The molecule has 6 nitrogen and oxygen atoms in total. The number of hydrogen-bond donors (Lipinski definition) is 1. The highest BCUT2D eigenvalue weighted by molar-refractivity contribution is 5.92. The van der Waals surface area contributed by atoms with Gasteiger partial charge >= 0.3 is 0 Å². The Morgan fingerprint density at radius 3 is 2.48 bits per heavy atom. The van der Waals surface area contributed by atoms with E-state index in [9.17, 15) is 4.79 Å². The standard InChI is InChI=1S/C23H21N5O/c1-27-15-14-24-23(27)22(19-8-4-2-5-9-19)26-21(29)13-12-18-16-25-28(17-18)20-10-6-3-7-11-20/h2-17,22H,1H3,(H,26,29)/b13-12+. The Morgan fingerprint density at radius 2 is 1.79 bits per heavy atom. The largest absolute Gasteiger partial charge is 0.339 e. The van der Waals surface area contributed by atoms with Gasteiger partial charge in [0.1, 0.15) is 11.9 Å². The van der Waals surface area contributed by atoms with Crippen LogP contribution in [0.5, 0.6) is 0 Å². The fourth-order valence-corrected chi connectivity index (χ4v) is 3.10. The molecule has 6 heteroatoms. The summed E-state index contributed by atoms with van der Waals surface area (Å²) in [5.74, 6) is 0.573. The first-order valence-electron chi connectivity index (χ1n) is 9.31. The van der Waals surface area contributed by atoms with E-state index in [2.05, 4.69) is 15.4 Å². The lowest BCUT2D eigenvalue weighted by Gasteiger charge is -2.18. The molecule has 0 radical (unpaired) electrons. The van der Waals surface area contributed by atoms with Gasteiger partial charge in [0.05, 0.1) is 11.9 Å². The van der Waals surface area contributed by atoms with E-state index >= 15 is 0 Å². The van der Waals surface area contributed by atoms with Crippen LogP contribution in [0.4, 0.5) is 0 Å². The average Bonchev–Trinajstić information content (AvgIpc) is 3.41. The number of amides is 1. The van der Waals surface area contributed by atoms with Crippen LogP contribution in [-0.4, -0.2) is 25.2 Å². The van der Waals surface area contributed by atoms with Crippen molar-refractivity contribution in [3.8, 4) is 5.69 Å². The molecule has 1 N–H and O–H groups in total. The third-order valence-electron chi connectivity index (χ3n) is 4.59. The first-order valence-corrected chi connectivity index (χ1v) is 9.31. The number of rotatable bonds is 6. The summed E-state index contributed by atoms with van der Waals surface area (Å²) in [6.45, 7) is 0. The minimum atomic E-state index is -0.333. The zero-order chi connectivity index (χ0) is 20.1. The van der Waals surface area contributed by atoms with Gasteiger partial charge < -0.3 is 9.88 Å². The molecule has 2 heterocycles. The molecule has 1 atom stereocenters. The summed E-state index contributed by atoms with van der Waals surface area (Å²) in [4.78, 5) is 17.0. The van der Waals surface area contributed by atoms with Crippen LogP contribution in [0, 0.1) is 0 Å². The van der Waals surface area contributed by atoms with E-state index in [4.69, 9.17) is 0 Å². The highest BCUT2D eigenvalue weighted by Gasteiger charge is 2.19. The molecule has 2 aromatic heterocycles. The van der Waals surface area contributed by atoms with Crippen LogP contribution >= 0.6 is 0 Å². The van der Waals surface area contributed by atoms with Crippen LogP contribution in [0.3, 0.4) is 0 Å². The molecule has 0 aliphatic rings. The van der Waals surface area contributed by atoms with Crippen molar-refractivity contribution >= 4 is 12.0 Å². The van der Waals surface area contributed by atoms with E-state index in [1.165, 1.54) is 6.08 Å². The molecular formula is C23H21N5O. The number of nitrogens with zero attached hydrogens (tertiary/aromatic N) is 4. The third kappa shape index (κ3) is 4.32. The van der Waals surface area contributed by atoms with E-state index < -0.39 is 0 Å². The number of carbonyl (C=O) groups is 1. The van der Waals surface area contributed by atoms with Crippen molar-refractivity contribution in [2.24, 2.45) is 7.05 Å². The summed E-state index contributed by atoms with van der Waals surface area (Å²) < 4.78 is 3.68. The van der Waals surface area contributed by atoms with Gasteiger partial charge in [-0.2, -0.15) is 5.10 Å². The summed E-state index contributed by atoms with van der Waals surface area (Å²) in [6.07, 6.45) is 10.5.